The molecule has 8 nitrogen and oxygen atoms in total. The molecule has 2 aromatic heterocycles. The van der Waals surface area contributed by atoms with Gasteiger partial charge in [-0.05, 0) is 47.7 Å². The van der Waals surface area contributed by atoms with Crippen LogP contribution in [-0.2, 0) is 13.6 Å². The Kier molecular flexibility index (Phi) is 6.40. The molecule has 0 amide bonds. The first-order valence-corrected chi connectivity index (χ1v) is 10.9. The Balaban J connectivity index is 1.66. The molecule has 2 aromatic carbocycles. The van der Waals surface area contributed by atoms with Gasteiger partial charge in [0.15, 0.2) is 0 Å². The smallest absolute Gasteiger partial charge is 0.359 e. The summed E-state index contributed by atoms with van der Waals surface area (Å²) >= 11 is 13.4. The third-order valence-corrected chi connectivity index (χ3v) is 6.63. The standard InChI is InChI=1S/C21H17Cl2N5O3S/c1-27-17(10-24-19(27)13-5-8-15(22)16(23)9-13)32-20-18(21(29)30)25-26-28(20)11-12-3-6-14(31-2)7-4-12/h3-10H,11H2,1-2H3,(H,29,30). The Hall–Kier alpha value is -3.01. The maximum absolute atomic E-state index is 11.7. The zero-order valence-corrected chi connectivity index (χ0v) is 19.3. The van der Waals surface area contributed by atoms with Gasteiger partial charge in [0, 0.05) is 12.6 Å². The van der Waals surface area contributed by atoms with Crippen molar-refractivity contribution in [1.29, 1.82) is 0 Å². The van der Waals surface area contributed by atoms with Crippen LogP contribution >= 0.6 is 35.0 Å². The predicted octanol–water partition coefficient (Wildman–Crippen LogP) is 4.89. The van der Waals surface area contributed by atoms with Crippen molar-refractivity contribution in [2.45, 2.75) is 16.6 Å². The first-order valence-electron chi connectivity index (χ1n) is 9.32. The van der Waals surface area contributed by atoms with E-state index in [1.807, 2.05) is 41.9 Å². The lowest BCUT2D eigenvalue weighted by atomic mass is 10.2. The molecule has 0 saturated heterocycles. The van der Waals surface area contributed by atoms with Gasteiger partial charge >= 0.3 is 5.97 Å². The van der Waals surface area contributed by atoms with Crippen LogP contribution in [0, 0.1) is 0 Å². The fraction of sp³-hybridized carbons (Fsp3) is 0.143. The second-order valence-corrected chi connectivity index (χ2v) is 8.59. The topological polar surface area (TPSA) is 95.1 Å². The van der Waals surface area contributed by atoms with Gasteiger partial charge in [0.1, 0.15) is 21.6 Å². The third kappa shape index (κ3) is 4.45. The summed E-state index contributed by atoms with van der Waals surface area (Å²) in [6.07, 6.45) is 1.67. The lowest BCUT2D eigenvalue weighted by Crippen LogP contribution is -2.06. The number of imidazole rings is 1. The summed E-state index contributed by atoms with van der Waals surface area (Å²) in [4.78, 5) is 16.2. The molecule has 0 atom stereocenters. The average Bonchev–Trinajstić information content (AvgIpc) is 3.35. The van der Waals surface area contributed by atoms with Crippen molar-refractivity contribution in [3.05, 3.63) is 70.0 Å². The van der Waals surface area contributed by atoms with Gasteiger partial charge in [-0.2, -0.15) is 0 Å². The maximum atomic E-state index is 11.7. The van der Waals surface area contributed by atoms with Gasteiger partial charge in [-0.3, -0.25) is 0 Å². The Morgan fingerprint density at radius 1 is 1.16 bits per heavy atom. The molecule has 0 saturated carbocycles. The minimum absolute atomic E-state index is 0.124. The predicted molar refractivity (Wildman–Crippen MR) is 122 cm³/mol. The van der Waals surface area contributed by atoms with Gasteiger partial charge in [0.2, 0.25) is 5.69 Å². The molecular weight excluding hydrogens is 473 g/mol. The van der Waals surface area contributed by atoms with Crippen molar-refractivity contribution in [2.75, 3.05) is 7.11 Å². The van der Waals surface area contributed by atoms with E-state index in [2.05, 4.69) is 15.3 Å². The molecular formula is C21H17Cl2N5O3S. The number of halogens is 2. The molecule has 0 radical (unpaired) electrons. The van der Waals surface area contributed by atoms with E-state index in [1.54, 1.807) is 30.1 Å². The van der Waals surface area contributed by atoms with E-state index in [9.17, 15) is 9.90 Å². The van der Waals surface area contributed by atoms with E-state index in [0.717, 1.165) is 16.9 Å². The Morgan fingerprint density at radius 2 is 1.91 bits per heavy atom. The second kappa shape index (κ2) is 9.23. The number of carbonyl (C=O) groups is 1. The van der Waals surface area contributed by atoms with Crippen molar-refractivity contribution < 1.29 is 14.6 Å². The van der Waals surface area contributed by atoms with Crippen LogP contribution in [0.1, 0.15) is 16.1 Å². The molecule has 0 spiro atoms. The van der Waals surface area contributed by atoms with Gasteiger partial charge < -0.3 is 14.4 Å². The third-order valence-electron chi connectivity index (χ3n) is 4.71. The quantitative estimate of drug-likeness (QED) is 0.394. The fourth-order valence-electron chi connectivity index (χ4n) is 3.04. The van der Waals surface area contributed by atoms with Crippen molar-refractivity contribution in [1.82, 2.24) is 24.5 Å². The molecule has 0 aliphatic carbocycles. The molecule has 11 heteroatoms. The van der Waals surface area contributed by atoms with Crippen LogP contribution in [0.15, 0.2) is 58.7 Å². The number of hydrogen-bond donors (Lipinski definition) is 1. The highest BCUT2D eigenvalue weighted by molar-refractivity contribution is 7.99. The molecule has 2 heterocycles. The number of aromatic carboxylic acids is 1. The van der Waals surface area contributed by atoms with Gasteiger partial charge in [0.05, 0.1) is 29.9 Å². The first kappa shape index (κ1) is 22.2. The van der Waals surface area contributed by atoms with Crippen LogP contribution in [0.2, 0.25) is 10.0 Å². The molecule has 0 fully saturated rings. The number of ether oxygens (including phenoxy) is 1. The fourth-order valence-corrected chi connectivity index (χ4v) is 4.29. The molecule has 32 heavy (non-hydrogen) atoms. The highest BCUT2D eigenvalue weighted by Gasteiger charge is 2.22. The lowest BCUT2D eigenvalue weighted by Gasteiger charge is -2.09. The number of methoxy groups -OCH3 is 1. The molecule has 0 unspecified atom stereocenters. The molecule has 0 aliphatic heterocycles. The Morgan fingerprint density at radius 3 is 2.56 bits per heavy atom. The SMILES string of the molecule is COc1ccc(Cn2nnc(C(=O)O)c2Sc2cnc(-c3ccc(Cl)c(Cl)c3)n2C)cc1. The number of carboxylic acids is 1. The van der Waals surface area contributed by atoms with E-state index in [-0.39, 0.29) is 5.69 Å². The number of aromatic nitrogens is 5. The van der Waals surface area contributed by atoms with E-state index in [1.165, 1.54) is 11.8 Å². The molecule has 0 aliphatic rings. The summed E-state index contributed by atoms with van der Waals surface area (Å²) in [5.74, 6) is 0.246. The van der Waals surface area contributed by atoms with Crippen LogP contribution < -0.4 is 4.74 Å². The number of carboxylic acid groups (broad SMARTS) is 1. The van der Waals surface area contributed by atoms with Crippen LogP contribution in [0.4, 0.5) is 0 Å². The van der Waals surface area contributed by atoms with Crippen LogP contribution in [0.3, 0.4) is 0 Å². The Labute approximate surface area is 197 Å². The van der Waals surface area contributed by atoms with E-state index in [4.69, 9.17) is 27.9 Å². The average molecular weight is 490 g/mol. The van der Waals surface area contributed by atoms with Gasteiger partial charge in [-0.25, -0.2) is 14.5 Å². The zero-order valence-electron chi connectivity index (χ0n) is 17.0. The van der Waals surface area contributed by atoms with Gasteiger partial charge in [-0.15, -0.1) is 5.10 Å². The van der Waals surface area contributed by atoms with Gasteiger partial charge in [0.25, 0.3) is 0 Å². The Bertz CT molecular complexity index is 1290. The number of hydrogen-bond acceptors (Lipinski definition) is 6. The van der Waals surface area contributed by atoms with Crippen LogP contribution in [-0.4, -0.2) is 42.7 Å². The monoisotopic (exact) mass is 489 g/mol. The number of nitrogens with zero attached hydrogens (tertiary/aromatic N) is 5. The normalized spacial score (nSPS) is 11.0. The van der Waals surface area contributed by atoms with Crippen molar-refractivity contribution in [2.24, 2.45) is 7.05 Å². The molecule has 1 N–H and O–H groups in total. The molecule has 4 rings (SSSR count). The largest absolute Gasteiger partial charge is 0.497 e. The van der Waals surface area contributed by atoms with Crippen LogP contribution in [0.5, 0.6) is 5.75 Å². The number of rotatable bonds is 7. The van der Waals surface area contributed by atoms with Crippen LogP contribution in [0.25, 0.3) is 11.4 Å². The lowest BCUT2D eigenvalue weighted by molar-refractivity contribution is 0.0686. The minimum Gasteiger partial charge on any atom is -0.497 e. The highest BCUT2D eigenvalue weighted by atomic mass is 35.5. The molecule has 0 bridgehead atoms. The summed E-state index contributed by atoms with van der Waals surface area (Å²) in [5, 5.41) is 19.5. The van der Waals surface area contributed by atoms with Gasteiger partial charge in [-0.1, -0.05) is 40.5 Å². The van der Waals surface area contributed by atoms with E-state index in [0.29, 0.717) is 32.5 Å². The van der Waals surface area contributed by atoms with E-state index >= 15 is 0 Å². The highest BCUT2D eigenvalue weighted by Crippen LogP contribution is 2.34. The summed E-state index contributed by atoms with van der Waals surface area (Å²) < 4.78 is 8.59. The summed E-state index contributed by atoms with van der Waals surface area (Å²) in [6.45, 7) is 0.351. The van der Waals surface area contributed by atoms with E-state index < -0.39 is 5.97 Å². The molecule has 164 valence electrons. The minimum atomic E-state index is -1.15. The summed E-state index contributed by atoms with van der Waals surface area (Å²) in [7, 11) is 3.44. The summed E-state index contributed by atoms with van der Waals surface area (Å²) in [6, 6.07) is 12.7. The van der Waals surface area contributed by atoms with Crippen molar-refractivity contribution >= 4 is 40.9 Å². The maximum Gasteiger partial charge on any atom is 0.359 e. The summed E-state index contributed by atoms with van der Waals surface area (Å²) in [5.41, 5.74) is 1.59. The molecule has 4 aromatic rings. The van der Waals surface area contributed by atoms with Crippen molar-refractivity contribution in [3.8, 4) is 17.1 Å². The number of benzene rings is 2. The second-order valence-electron chi connectivity index (χ2n) is 6.76. The zero-order chi connectivity index (χ0) is 22.8. The van der Waals surface area contributed by atoms with Crippen molar-refractivity contribution in [3.63, 3.8) is 0 Å². The first-order chi connectivity index (χ1) is 15.4.